The molecule has 2 rings (SSSR count). The molecule has 0 radical (unpaired) electrons. The molecule has 0 saturated carbocycles. The normalized spacial score (nSPS) is 17.1. The maximum absolute atomic E-state index is 12.2. The zero-order valence-electron chi connectivity index (χ0n) is 10.2. The van der Waals surface area contributed by atoms with Crippen LogP contribution in [0.25, 0.3) is 0 Å². The van der Waals surface area contributed by atoms with Gasteiger partial charge in [-0.25, -0.2) is 0 Å². The van der Waals surface area contributed by atoms with Gasteiger partial charge in [-0.15, -0.1) is 11.3 Å². The van der Waals surface area contributed by atoms with Crippen molar-refractivity contribution in [2.45, 2.75) is 18.9 Å². The summed E-state index contributed by atoms with van der Waals surface area (Å²) in [7, 11) is 0. The average Bonchev–Trinajstić information content (AvgIpc) is 2.82. The van der Waals surface area contributed by atoms with E-state index >= 15 is 0 Å². The monoisotopic (exact) mass is 270 g/mol. The van der Waals surface area contributed by atoms with Crippen molar-refractivity contribution in [2.75, 3.05) is 32.0 Å². The van der Waals surface area contributed by atoms with Gasteiger partial charge in [0.1, 0.15) is 4.88 Å². The number of aliphatic hydroxyl groups excluding tert-OH is 1. The number of amides is 1. The molecular formula is C12H18N2O3S. The van der Waals surface area contributed by atoms with Crippen LogP contribution >= 0.6 is 11.3 Å². The Morgan fingerprint density at radius 2 is 2.28 bits per heavy atom. The summed E-state index contributed by atoms with van der Waals surface area (Å²) >= 11 is 1.39. The first-order valence-electron chi connectivity index (χ1n) is 6.07. The van der Waals surface area contributed by atoms with E-state index in [4.69, 9.17) is 15.6 Å². The minimum Gasteiger partial charge on any atom is -0.397 e. The van der Waals surface area contributed by atoms with Crippen molar-refractivity contribution < 1.29 is 14.6 Å². The molecule has 6 heteroatoms. The molecule has 1 aromatic rings. The lowest BCUT2D eigenvalue weighted by Crippen LogP contribution is -2.41. The molecule has 0 unspecified atom stereocenters. The number of likely N-dealkylation sites (tertiary alicyclic amines) is 1. The molecule has 5 nitrogen and oxygen atoms in total. The van der Waals surface area contributed by atoms with Gasteiger partial charge in [-0.2, -0.15) is 0 Å². The Hall–Kier alpha value is -1.11. The second-order valence-corrected chi connectivity index (χ2v) is 5.21. The number of carbonyl (C=O) groups is 1. The van der Waals surface area contributed by atoms with Crippen molar-refractivity contribution in [3.05, 3.63) is 16.3 Å². The number of nitrogens with zero attached hydrogens (tertiary/aromatic N) is 1. The molecular weight excluding hydrogens is 252 g/mol. The van der Waals surface area contributed by atoms with E-state index in [-0.39, 0.29) is 18.6 Å². The van der Waals surface area contributed by atoms with Crippen LogP contribution in [0.2, 0.25) is 0 Å². The Kier molecular flexibility index (Phi) is 4.57. The highest BCUT2D eigenvalue weighted by Crippen LogP contribution is 2.23. The van der Waals surface area contributed by atoms with Crippen LogP contribution in [0.5, 0.6) is 0 Å². The van der Waals surface area contributed by atoms with Crippen molar-refractivity contribution in [1.29, 1.82) is 0 Å². The van der Waals surface area contributed by atoms with E-state index in [1.165, 1.54) is 11.3 Å². The maximum Gasteiger partial charge on any atom is 0.266 e. The first-order chi connectivity index (χ1) is 8.72. The Labute approximate surface area is 110 Å². The summed E-state index contributed by atoms with van der Waals surface area (Å²) in [5.41, 5.74) is 6.31. The van der Waals surface area contributed by atoms with Gasteiger partial charge < -0.3 is 20.5 Å². The second kappa shape index (κ2) is 6.17. The van der Waals surface area contributed by atoms with E-state index in [1.54, 1.807) is 6.07 Å². The molecule has 18 heavy (non-hydrogen) atoms. The van der Waals surface area contributed by atoms with E-state index < -0.39 is 0 Å². The number of anilines is 1. The van der Waals surface area contributed by atoms with E-state index in [2.05, 4.69) is 0 Å². The fourth-order valence-corrected chi connectivity index (χ4v) is 2.87. The summed E-state index contributed by atoms with van der Waals surface area (Å²) in [6.45, 7) is 1.79. The van der Waals surface area contributed by atoms with Crippen molar-refractivity contribution in [3.63, 3.8) is 0 Å². The molecule has 1 aromatic heterocycles. The predicted octanol–water partition coefficient (Wildman–Crippen LogP) is 0.944. The summed E-state index contributed by atoms with van der Waals surface area (Å²) in [5, 5.41) is 10.5. The van der Waals surface area contributed by atoms with Crippen LogP contribution in [0, 0.1) is 0 Å². The molecule has 1 saturated heterocycles. The van der Waals surface area contributed by atoms with Crippen molar-refractivity contribution in [2.24, 2.45) is 0 Å². The smallest absolute Gasteiger partial charge is 0.266 e. The van der Waals surface area contributed by atoms with Gasteiger partial charge in [0.2, 0.25) is 0 Å². The third kappa shape index (κ3) is 3.01. The van der Waals surface area contributed by atoms with Crippen LogP contribution < -0.4 is 5.73 Å². The summed E-state index contributed by atoms with van der Waals surface area (Å²) in [6, 6.07) is 1.76. The molecule has 0 spiro atoms. The molecule has 1 aliphatic rings. The van der Waals surface area contributed by atoms with Crippen LogP contribution in [-0.2, 0) is 4.74 Å². The topological polar surface area (TPSA) is 75.8 Å². The lowest BCUT2D eigenvalue weighted by atomic mass is 10.1. The Morgan fingerprint density at radius 1 is 1.56 bits per heavy atom. The van der Waals surface area contributed by atoms with Gasteiger partial charge in [-0.3, -0.25) is 4.79 Å². The first-order valence-corrected chi connectivity index (χ1v) is 6.95. The molecule has 0 atom stereocenters. The molecule has 0 aromatic carbocycles. The fraction of sp³-hybridized carbons (Fsp3) is 0.583. The highest BCUT2D eigenvalue weighted by Gasteiger charge is 2.25. The largest absolute Gasteiger partial charge is 0.397 e. The number of hydrogen-bond acceptors (Lipinski definition) is 5. The number of piperidine rings is 1. The maximum atomic E-state index is 12.2. The van der Waals surface area contributed by atoms with Crippen LogP contribution in [0.15, 0.2) is 11.4 Å². The van der Waals surface area contributed by atoms with Gasteiger partial charge in [-0.05, 0) is 24.3 Å². The number of aliphatic hydroxyl groups is 1. The van der Waals surface area contributed by atoms with E-state index in [9.17, 15) is 4.79 Å². The minimum atomic E-state index is 0.0168. The highest BCUT2D eigenvalue weighted by molar-refractivity contribution is 7.12. The van der Waals surface area contributed by atoms with E-state index in [1.807, 2.05) is 10.3 Å². The Balaban J connectivity index is 1.86. The Morgan fingerprint density at radius 3 is 2.83 bits per heavy atom. The third-order valence-corrected chi connectivity index (χ3v) is 3.98. The van der Waals surface area contributed by atoms with Gasteiger partial charge in [0.25, 0.3) is 5.91 Å². The Bertz CT molecular complexity index is 400. The second-order valence-electron chi connectivity index (χ2n) is 4.29. The van der Waals surface area contributed by atoms with Crippen LogP contribution in [-0.4, -0.2) is 48.3 Å². The molecule has 1 fully saturated rings. The average molecular weight is 270 g/mol. The molecule has 2 heterocycles. The summed E-state index contributed by atoms with van der Waals surface area (Å²) in [4.78, 5) is 14.6. The van der Waals surface area contributed by atoms with Gasteiger partial charge in [0, 0.05) is 13.1 Å². The molecule has 3 N–H and O–H groups in total. The standard InChI is InChI=1S/C12H18N2O3S/c13-10-3-8-18-11(10)12(16)14-4-1-9(2-5-14)17-7-6-15/h3,8-9,15H,1-2,4-7,13H2. The molecule has 0 bridgehead atoms. The highest BCUT2D eigenvalue weighted by atomic mass is 32.1. The fourth-order valence-electron chi connectivity index (χ4n) is 2.08. The van der Waals surface area contributed by atoms with Gasteiger partial charge in [0.05, 0.1) is 25.0 Å². The quantitative estimate of drug-likeness (QED) is 0.854. The lowest BCUT2D eigenvalue weighted by molar-refractivity contribution is -0.00543. The lowest BCUT2D eigenvalue weighted by Gasteiger charge is -2.31. The molecule has 1 amide bonds. The summed E-state index contributed by atoms with van der Waals surface area (Å²) < 4.78 is 5.46. The number of hydrogen-bond donors (Lipinski definition) is 2. The molecule has 1 aliphatic heterocycles. The SMILES string of the molecule is Nc1ccsc1C(=O)N1CCC(OCCO)CC1. The van der Waals surface area contributed by atoms with Gasteiger partial charge >= 0.3 is 0 Å². The predicted molar refractivity (Wildman–Crippen MR) is 70.7 cm³/mol. The van der Waals surface area contributed by atoms with E-state index in [0.29, 0.717) is 30.3 Å². The van der Waals surface area contributed by atoms with Crippen molar-refractivity contribution in [1.82, 2.24) is 4.90 Å². The molecule has 0 aliphatic carbocycles. The number of nitrogens with two attached hydrogens (primary N) is 1. The first kappa shape index (κ1) is 13.3. The number of thiophene rings is 1. The summed E-state index contributed by atoms with van der Waals surface area (Å²) in [6.07, 6.45) is 1.79. The van der Waals surface area contributed by atoms with Crippen LogP contribution in [0.4, 0.5) is 5.69 Å². The third-order valence-electron chi connectivity index (χ3n) is 3.06. The number of carbonyl (C=O) groups excluding carboxylic acids is 1. The van der Waals surface area contributed by atoms with Crippen LogP contribution in [0.3, 0.4) is 0 Å². The molecule has 100 valence electrons. The van der Waals surface area contributed by atoms with Gasteiger partial charge in [-0.1, -0.05) is 0 Å². The minimum absolute atomic E-state index is 0.0168. The van der Waals surface area contributed by atoms with Crippen LogP contribution in [0.1, 0.15) is 22.5 Å². The van der Waals surface area contributed by atoms with Crippen molar-refractivity contribution in [3.8, 4) is 0 Å². The number of ether oxygens (including phenoxy) is 1. The van der Waals surface area contributed by atoms with Crippen molar-refractivity contribution >= 4 is 22.9 Å². The summed E-state index contributed by atoms with van der Waals surface area (Å²) in [5.74, 6) is 0.0168. The number of rotatable bonds is 4. The van der Waals surface area contributed by atoms with Gasteiger partial charge in [0.15, 0.2) is 0 Å². The number of nitrogen functional groups attached to an aromatic ring is 1. The zero-order chi connectivity index (χ0) is 13.0. The zero-order valence-corrected chi connectivity index (χ0v) is 11.0. The van der Waals surface area contributed by atoms with E-state index in [0.717, 1.165) is 12.8 Å².